The van der Waals surface area contributed by atoms with Gasteiger partial charge in [-0.25, -0.2) is 4.98 Å². The number of rotatable bonds is 9. The van der Waals surface area contributed by atoms with E-state index >= 15 is 0 Å². The van der Waals surface area contributed by atoms with Gasteiger partial charge in [-0.1, -0.05) is 30.3 Å². The number of methoxy groups -OCH3 is 2. The third kappa shape index (κ3) is 5.60. The number of hydrogen-bond donors (Lipinski definition) is 2. The second-order valence-corrected chi connectivity index (χ2v) is 7.21. The van der Waals surface area contributed by atoms with Crippen molar-refractivity contribution < 1.29 is 19.0 Å². The standard InChI is InChI=1S/C26H24N4O4/c1-32-22-10-6-5-9-21(22)29-26(31)17-34-23-13-11-18(15-24(23)33-2)16-27-30-25-14-12-19-7-3-4-8-20(19)28-25/h3-16H,17H2,1-2H3,(H,28,30)(H,29,31)/b27-16-. The van der Waals surface area contributed by atoms with E-state index in [0.717, 1.165) is 16.5 Å². The van der Waals surface area contributed by atoms with E-state index in [9.17, 15) is 4.79 Å². The monoisotopic (exact) mass is 456 g/mol. The third-order valence-corrected chi connectivity index (χ3v) is 4.92. The maximum atomic E-state index is 12.3. The summed E-state index contributed by atoms with van der Waals surface area (Å²) in [6.45, 7) is -0.183. The highest BCUT2D eigenvalue weighted by Crippen LogP contribution is 2.28. The molecule has 0 atom stereocenters. The van der Waals surface area contributed by atoms with Gasteiger partial charge in [-0.3, -0.25) is 10.2 Å². The molecule has 0 aliphatic carbocycles. The average molecular weight is 457 g/mol. The number of benzene rings is 3. The molecule has 0 saturated heterocycles. The topological polar surface area (TPSA) is 94.1 Å². The summed E-state index contributed by atoms with van der Waals surface area (Å²) in [6, 6.07) is 24.2. The van der Waals surface area contributed by atoms with Gasteiger partial charge < -0.3 is 19.5 Å². The van der Waals surface area contributed by atoms with Gasteiger partial charge >= 0.3 is 0 Å². The summed E-state index contributed by atoms with van der Waals surface area (Å²) in [4.78, 5) is 16.8. The van der Waals surface area contributed by atoms with E-state index in [4.69, 9.17) is 14.2 Å². The predicted octanol–water partition coefficient (Wildman–Crippen LogP) is 4.72. The summed E-state index contributed by atoms with van der Waals surface area (Å²) in [6.07, 6.45) is 1.65. The number of nitrogens with one attached hydrogen (secondary N) is 2. The van der Waals surface area contributed by atoms with Crippen molar-refractivity contribution in [2.24, 2.45) is 5.10 Å². The normalized spacial score (nSPS) is 10.8. The molecule has 1 amide bonds. The van der Waals surface area contributed by atoms with E-state index in [1.54, 1.807) is 37.6 Å². The number of pyridine rings is 1. The van der Waals surface area contributed by atoms with Gasteiger partial charge in [0.15, 0.2) is 18.1 Å². The van der Waals surface area contributed by atoms with E-state index in [2.05, 4.69) is 20.8 Å². The van der Waals surface area contributed by atoms with Crippen molar-refractivity contribution in [3.05, 3.63) is 84.4 Å². The van der Waals surface area contributed by atoms with Gasteiger partial charge in [-0.15, -0.1) is 0 Å². The molecular weight excluding hydrogens is 432 g/mol. The first kappa shape index (κ1) is 22.6. The van der Waals surface area contributed by atoms with Gasteiger partial charge in [0.25, 0.3) is 5.91 Å². The van der Waals surface area contributed by atoms with Crippen LogP contribution in [0.2, 0.25) is 0 Å². The maximum absolute atomic E-state index is 12.3. The molecule has 0 bridgehead atoms. The molecule has 8 nitrogen and oxygen atoms in total. The summed E-state index contributed by atoms with van der Waals surface area (Å²) in [5.74, 6) is 1.83. The smallest absolute Gasteiger partial charge is 0.262 e. The summed E-state index contributed by atoms with van der Waals surface area (Å²) in [5, 5.41) is 8.09. The lowest BCUT2D eigenvalue weighted by Crippen LogP contribution is -2.20. The molecule has 3 aromatic carbocycles. The first-order chi connectivity index (χ1) is 16.7. The Morgan fingerprint density at radius 1 is 0.912 bits per heavy atom. The van der Waals surface area contributed by atoms with Crippen LogP contribution < -0.4 is 25.0 Å². The van der Waals surface area contributed by atoms with Gasteiger partial charge in [0.05, 0.1) is 31.6 Å². The second kappa shape index (κ2) is 10.8. The lowest BCUT2D eigenvalue weighted by molar-refractivity contribution is -0.118. The first-order valence-corrected chi connectivity index (χ1v) is 10.5. The Bertz CT molecular complexity index is 1320. The van der Waals surface area contributed by atoms with Crippen LogP contribution in [0.5, 0.6) is 17.2 Å². The number of amides is 1. The number of anilines is 2. The Hall–Kier alpha value is -4.59. The van der Waals surface area contributed by atoms with Gasteiger partial charge in [0.2, 0.25) is 0 Å². The highest BCUT2D eigenvalue weighted by atomic mass is 16.5. The molecule has 0 aliphatic heterocycles. The molecule has 1 heterocycles. The van der Waals surface area contributed by atoms with Crippen LogP contribution in [0.4, 0.5) is 11.5 Å². The minimum absolute atomic E-state index is 0.183. The number of ether oxygens (including phenoxy) is 3. The highest BCUT2D eigenvalue weighted by Gasteiger charge is 2.10. The lowest BCUT2D eigenvalue weighted by atomic mass is 10.2. The zero-order chi connectivity index (χ0) is 23.8. The van der Waals surface area contributed by atoms with E-state index in [0.29, 0.717) is 28.8 Å². The summed E-state index contributed by atoms with van der Waals surface area (Å²) in [7, 11) is 3.08. The maximum Gasteiger partial charge on any atom is 0.262 e. The SMILES string of the molecule is COc1ccccc1NC(=O)COc1ccc(/C=N\Nc2ccc3ccccc3n2)cc1OC. The molecule has 8 heteroatoms. The van der Waals surface area contributed by atoms with Crippen LogP contribution in [0.15, 0.2) is 84.0 Å². The van der Waals surface area contributed by atoms with Gasteiger partial charge in [0.1, 0.15) is 11.6 Å². The van der Waals surface area contributed by atoms with Crippen LogP contribution in [0.3, 0.4) is 0 Å². The van der Waals surface area contributed by atoms with Crippen molar-refractivity contribution in [1.82, 2.24) is 4.98 Å². The minimum Gasteiger partial charge on any atom is -0.495 e. The number of fused-ring (bicyclic) bond motifs is 1. The quantitative estimate of drug-likeness (QED) is 0.280. The Labute approximate surface area is 197 Å². The fraction of sp³-hybridized carbons (Fsp3) is 0.115. The number of carbonyl (C=O) groups is 1. The molecule has 4 aromatic rings. The molecule has 0 fully saturated rings. The number of carbonyl (C=O) groups excluding carboxylic acids is 1. The molecule has 2 N–H and O–H groups in total. The van der Waals surface area contributed by atoms with Crippen molar-refractivity contribution >= 4 is 34.5 Å². The van der Waals surface area contributed by atoms with E-state index in [1.165, 1.54) is 7.11 Å². The van der Waals surface area contributed by atoms with Crippen molar-refractivity contribution in [2.75, 3.05) is 31.6 Å². The third-order valence-electron chi connectivity index (χ3n) is 4.92. The summed E-state index contributed by atoms with van der Waals surface area (Å²) >= 11 is 0. The van der Waals surface area contributed by atoms with E-state index < -0.39 is 0 Å². The molecule has 1 aromatic heterocycles. The summed E-state index contributed by atoms with van der Waals surface area (Å²) in [5.41, 5.74) is 5.19. The molecule has 0 aliphatic rings. The summed E-state index contributed by atoms with van der Waals surface area (Å²) < 4.78 is 16.3. The highest BCUT2D eigenvalue weighted by molar-refractivity contribution is 5.93. The van der Waals surface area contributed by atoms with Gasteiger partial charge in [-0.2, -0.15) is 5.10 Å². The fourth-order valence-corrected chi connectivity index (χ4v) is 3.26. The second-order valence-electron chi connectivity index (χ2n) is 7.21. The van der Waals surface area contributed by atoms with Crippen LogP contribution in [0.25, 0.3) is 10.9 Å². The van der Waals surface area contributed by atoms with Crippen molar-refractivity contribution in [3.63, 3.8) is 0 Å². The molecule has 0 spiro atoms. The van der Waals surface area contributed by atoms with Crippen LogP contribution in [0.1, 0.15) is 5.56 Å². The molecule has 172 valence electrons. The zero-order valence-corrected chi connectivity index (χ0v) is 18.8. The van der Waals surface area contributed by atoms with Crippen molar-refractivity contribution in [1.29, 1.82) is 0 Å². The average Bonchev–Trinajstić information content (AvgIpc) is 2.88. The molecule has 0 saturated carbocycles. The van der Waals surface area contributed by atoms with Crippen LogP contribution in [-0.2, 0) is 4.79 Å². The number of nitrogens with zero attached hydrogens (tertiary/aromatic N) is 2. The van der Waals surface area contributed by atoms with Crippen molar-refractivity contribution in [2.45, 2.75) is 0 Å². The number of aromatic nitrogens is 1. The van der Waals surface area contributed by atoms with Crippen molar-refractivity contribution in [3.8, 4) is 17.2 Å². The lowest BCUT2D eigenvalue weighted by Gasteiger charge is -2.12. The first-order valence-electron chi connectivity index (χ1n) is 10.5. The van der Waals surface area contributed by atoms with E-state index in [1.807, 2.05) is 54.6 Å². The number of para-hydroxylation sites is 3. The molecule has 0 radical (unpaired) electrons. The van der Waals surface area contributed by atoms with Crippen LogP contribution in [-0.4, -0.2) is 37.9 Å². The van der Waals surface area contributed by atoms with E-state index in [-0.39, 0.29) is 12.5 Å². The number of hydrazone groups is 1. The number of hydrogen-bond acceptors (Lipinski definition) is 7. The zero-order valence-electron chi connectivity index (χ0n) is 18.8. The predicted molar refractivity (Wildman–Crippen MR) is 133 cm³/mol. The molecule has 34 heavy (non-hydrogen) atoms. The van der Waals surface area contributed by atoms with Crippen LogP contribution >= 0.6 is 0 Å². The largest absolute Gasteiger partial charge is 0.495 e. The molecule has 0 unspecified atom stereocenters. The fourth-order valence-electron chi connectivity index (χ4n) is 3.26. The Kier molecular flexibility index (Phi) is 7.19. The van der Waals surface area contributed by atoms with Gasteiger partial charge in [-0.05, 0) is 54.1 Å². The Morgan fingerprint density at radius 3 is 2.56 bits per heavy atom. The Morgan fingerprint density at radius 2 is 1.71 bits per heavy atom. The molecule has 4 rings (SSSR count). The minimum atomic E-state index is -0.315. The Balaban J connectivity index is 1.36. The van der Waals surface area contributed by atoms with Gasteiger partial charge in [0, 0.05) is 5.39 Å². The molecular formula is C26H24N4O4. The van der Waals surface area contributed by atoms with Crippen LogP contribution in [0, 0.1) is 0 Å².